The molecule has 3 rings (SSSR count). The Labute approximate surface area is 138 Å². The number of hydrogen-bond acceptors (Lipinski definition) is 3. The Hall–Kier alpha value is -1.43. The van der Waals surface area contributed by atoms with Gasteiger partial charge in [-0.25, -0.2) is 4.79 Å². The summed E-state index contributed by atoms with van der Waals surface area (Å²) >= 11 is 3.46. The minimum atomic E-state index is -0.163. The second kappa shape index (κ2) is 7.22. The molecule has 1 fully saturated rings. The van der Waals surface area contributed by atoms with Crippen LogP contribution in [0, 0.1) is 0 Å². The highest BCUT2D eigenvalue weighted by molar-refractivity contribution is 9.10. The van der Waals surface area contributed by atoms with E-state index in [0.717, 1.165) is 17.3 Å². The van der Waals surface area contributed by atoms with Crippen molar-refractivity contribution in [2.24, 2.45) is 0 Å². The Kier molecular flexibility index (Phi) is 5.08. The van der Waals surface area contributed by atoms with Gasteiger partial charge >= 0.3 is 6.03 Å². The molecule has 0 unspecified atom stereocenters. The van der Waals surface area contributed by atoms with Gasteiger partial charge in [-0.2, -0.15) is 0 Å². The fourth-order valence-corrected chi connectivity index (χ4v) is 3.35. The molecule has 0 radical (unpaired) electrons. The monoisotopic (exact) mass is 368 g/mol. The third-order valence-electron chi connectivity index (χ3n) is 4.07. The van der Waals surface area contributed by atoms with Gasteiger partial charge in [-0.3, -0.25) is 0 Å². The average molecular weight is 369 g/mol. The lowest BCUT2D eigenvalue weighted by Crippen LogP contribution is -2.37. The van der Waals surface area contributed by atoms with Gasteiger partial charge < -0.3 is 20.1 Å². The van der Waals surface area contributed by atoms with E-state index >= 15 is 0 Å². The molecular weight excluding hydrogens is 348 g/mol. The van der Waals surface area contributed by atoms with Crippen molar-refractivity contribution in [2.75, 3.05) is 18.5 Å². The largest absolute Gasteiger partial charge is 0.486 e. The summed E-state index contributed by atoms with van der Waals surface area (Å²) in [5.41, 5.74) is 0.690. The zero-order valence-electron chi connectivity index (χ0n) is 12.5. The second-order valence-corrected chi connectivity index (χ2v) is 6.62. The number of rotatable bonds is 2. The SMILES string of the molecule is O=C(Nc1cc2c(cc1Br)OCCO2)NC1CCCCCC1. The van der Waals surface area contributed by atoms with Gasteiger partial charge in [0.1, 0.15) is 13.2 Å². The van der Waals surface area contributed by atoms with E-state index in [9.17, 15) is 4.79 Å². The van der Waals surface area contributed by atoms with E-state index in [2.05, 4.69) is 26.6 Å². The first kappa shape index (κ1) is 15.5. The molecule has 1 heterocycles. The average Bonchev–Trinajstić information content (AvgIpc) is 2.76. The van der Waals surface area contributed by atoms with Crippen LogP contribution in [-0.2, 0) is 0 Å². The molecule has 22 heavy (non-hydrogen) atoms. The van der Waals surface area contributed by atoms with E-state index in [1.807, 2.05) is 6.07 Å². The van der Waals surface area contributed by atoms with Crippen LogP contribution in [0.3, 0.4) is 0 Å². The van der Waals surface area contributed by atoms with Gasteiger partial charge in [0, 0.05) is 22.6 Å². The third kappa shape index (κ3) is 3.85. The van der Waals surface area contributed by atoms with Gasteiger partial charge in [-0.05, 0) is 28.8 Å². The Balaban J connectivity index is 1.63. The molecule has 0 aromatic heterocycles. The molecule has 0 spiro atoms. The molecular formula is C16H21BrN2O3. The molecule has 1 saturated carbocycles. The van der Waals surface area contributed by atoms with E-state index in [1.54, 1.807) is 6.07 Å². The molecule has 0 saturated heterocycles. The zero-order chi connectivity index (χ0) is 15.4. The van der Waals surface area contributed by atoms with Crippen LogP contribution >= 0.6 is 15.9 Å². The molecule has 2 aliphatic rings. The molecule has 6 heteroatoms. The number of anilines is 1. The maximum atomic E-state index is 12.2. The Morgan fingerprint density at radius 1 is 1.05 bits per heavy atom. The lowest BCUT2D eigenvalue weighted by atomic mass is 10.1. The zero-order valence-corrected chi connectivity index (χ0v) is 14.1. The number of carbonyl (C=O) groups is 1. The minimum Gasteiger partial charge on any atom is -0.486 e. The number of halogens is 1. The molecule has 0 bridgehead atoms. The molecule has 2 amide bonds. The summed E-state index contributed by atoms with van der Waals surface area (Å²) in [7, 11) is 0. The lowest BCUT2D eigenvalue weighted by molar-refractivity contribution is 0.171. The maximum absolute atomic E-state index is 12.2. The van der Waals surface area contributed by atoms with Gasteiger partial charge in [0.15, 0.2) is 11.5 Å². The number of amides is 2. The summed E-state index contributed by atoms with van der Waals surface area (Å²) in [5.74, 6) is 1.37. The number of ether oxygens (including phenoxy) is 2. The normalized spacial score (nSPS) is 18.4. The van der Waals surface area contributed by atoms with Crippen molar-refractivity contribution in [1.82, 2.24) is 5.32 Å². The minimum absolute atomic E-state index is 0.163. The molecule has 120 valence electrons. The number of fused-ring (bicyclic) bond motifs is 1. The highest BCUT2D eigenvalue weighted by atomic mass is 79.9. The summed E-state index contributed by atoms with van der Waals surface area (Å²) in [5, 5.41) is 5.97. The van der Waals surface area contributed by atoms with Crippen LogP contribution in [-0.4, -0.2) is 25.3 Å². The maximum Gasteiger partial charge on any atom is 0.319 e. The number of urea groups is 1. The first-order valence-corrected chi connectivity index (χ1v) is 8.68. The number of benzene rings is 1. The lowest BCUT2D eigenvalue weighted by Gasteiger charge is -2.21. The van der Waals surface area contributed by atoms with E-state index < -0.39 is 0 Å². The van der Waals surface area contributed by atoms with Crippen molar-refractivity contribution in [3.05, 3.63) is 16.6 Å². The molecule has 1 aliphatic heterocycles. The van der Waals surface area contributed by atoms with Crippen LogP contribution in [0.4, 0.5) is 10.5 Å². The van der Waals surface area contributed by atoms with Crippen LogP contribution in [0.15, 0.2) is 16.6 Å². The standard InChI is InChI=1S/C16H21BrN2O3/c17-12-9-14-15(22-8-7-21-14)10-13(12)19-16(20)18-11-5-3-1-2-4-6-11/h9-11H,1-8H2,(H2,18,19,20). The highest BCUT2D eigenvalue weighted by Crippen LogP contribution is 2.38. The van der Waals surface area contributed by atoms with Crippen LogP contribution < -0.4 is 20.1 Å². The van der Waals surface area contributed by atoms with Gasteiger partial charge in [-0.1, -0.05) is 25.7 Å². The van der Waals surface area contributed by atoms with E-state index in [1.165, 1.54) is 25.7 Å². The smallest absolute Gasteiger partial charge is 0.319 e. The van der Waals surface area contributed by atoms with Crippen molar-refractivity contribution >= 4 is 27.6 Å². The van der Waals surface area contributed by atoms with Gasteiger partial charge in [0.2, 0.25) is 0 Å². The van der Waals surface area contributed by atoms with Crippen molar-refractivity contribution in [3.8, 4) is 11.5 Å². The van der Waals surface area contributed by atoms with Crippen molar-refractivity contribution < 1.29 is 14.3 Å². The predicted octanol–water partition coefficient (Wildman–Crippen LogP) is 4.06. The summed E-state index contributed by atoms with van der Waals surface area (Å²) < 4.78 is 11.9. The summed E-state index contributed by atoms with van der Waals surface area (Å²) in [6.45, 7) is 1.08. The Morgan fingerprint density at radius 2 is 1.68 bits per heavy atom. The van der Waals surface area contributed by atoms with Gasteiger partial charge in [0.05, 0.1) is 5.69 Å². The van der Waals surface area contributed by atoms with Gasteiger partial charge in [-0.15, -0.1) is 0 Å². The fourth-order valence-electron chi connectivity index (χ4n) is 2.93. The molecule has 1 aliphatic carbocycles. The van der Waals surface area contributed by atoms with E-state index in [4.69, 9.17) is 9.47 Å². The Morgan fingerprint density at radius 3 is 2.36 bits per heavy atom. The van der Waals surface area contributed by atoms with Gasteiger partial charge in [0.25, 0.3) is 0 Å². The van der Waals surface area contributed by atoms with Crippen LogP contribution in [0.25, 0.3) is 0 Å². The van der Waals surface area contributed by atoms with Crippen LogP contribution in [0.2, 0.25) is 0 Å². The van der Waals surface area contributed by atoms with Crippen LogP contribution in [0.5, 0.6) is 11.5 Å². The Bertz CT molecular complexity index is 542. The number of carbonyl (C=O) groups excluding carboxylic acids is 1. The number of hydrogen-bond donors (Lipinski definition) is 2. The summed E-state index contributed by atoms with van der Waals surface area (Å²) in [4.78, 5) is 12.2. The number of nitrogens with one attached hydrogen (secondary N) is 2. The first-order valence-electron chi connectivity index (χ1n) is 7.89. The molecule has 1 aromatic carbocycles. The van der Waals surface area contributed by atoms with Crippen LogP contribution in [0.1, 0.15) is 38.5 Å². The highest BCUT2D eigenvalue weighted by Gasteiger charge is 2.18. The summed E-state index contributed by atoms with van der Waals surface area (Å²) in [6.07, 6.45) is 7.06. The van der Waals surface area contributed by atoms with E-state index in [0.29, 0.717) is 30.4 Å². The topological polar surface area (TPSA) is 59.6 Å². The van der Waals surface area contributed by atoms with E-state index in [-0.39, 0.29) is 12.1 Å². The molecule has 5 nitrogen and oxygen atoms in total. The second-order valence-electron chi connectivity index (χ2n) is 5.76. The van der Waals surface area contributed by atoms with Crippen molar-refractivity contribution in [3.63, 3.8) is 0 Å². The molecule has 0 atom stereocenters. The third-order valence-corrected chi connectivity index (χ3v) is 4.73. The summed E-state index contributed by atoms with van der Waals surface area (Å²) in [6, 6.07) is 3.74. The molecule has 1 aromatic rings. The first-order chi connectivity index (χ1) is 10.7. The quantitative estimate of drug-likeness (QED) is 0.773. The fraction of sp³-hybridized carbons (Fsp3) is 0.562. The van der Waals surface area contributed by atoms with Crippen molar-refractivity contribution in [1.29, 1.82) is 0 Å². The molecule has 2 N–H and O–H groups in total. The van der Waals surface area contributed by atoms with Crippen molar-refractivity contribution in [2.45, 2.75) is 44.6 Å². The predicted molar refractivity (Wildman–Crippen MR) is 88.8 cm³/mol.